The van der Waals surface area contributed by atoms with Crippen LogP contribution in [0, 0.1) is 0 Å². The van der Waals surface area contributed by atoms with Crippen LogP contribution in [0.25, 0.3) is 0 Å². The Morgan fingerprint density at radius 1 is 0.963 bits per heavy atom. The molecule has 0 unspecified atom stereocenters. The molecule has 0 aliphatic heterocycles. The van der Waals surface area contributed by atoms with Gasteiger partial charge in [0.05, 0.1) is 16.1 Å². The van der Waals surface area contributed by atoms with Gasteiger partial charge >= 0.3 is 5.97 Å². The van der Waals surface area contributed by atoms with E-state index < -0.39 is 16.0 Å². The molecular weight excluding hydrogens is 390 g/mol. The van der Waals surface area contributed by atoms with Crippen LogP contribution in [0.15, 0.2) is 77.7 Å². The number of anilines is 1. The Labute approximate surface area is 161 Å². The molecule has 8 heteroatoms. The molecule has 3 aromatic rings. The summed E-state index contributed by atoms with van der Waals surface area (Å²) in [5.41, 5.74) is 0.309. The number of carboxylic acids is 1. The first-order valence-electron chi connectivity index (χ1n) is 7.74. The molecule has 0 saturated heterocycles. The van der Waals surface area contributed by atoms with Crippen LogP contribution in [-0.4, -0.2) is 19.5 Å². The van der Waals surface area contributed by atoms with E-state index in [1.165, 1.54) is 54.6 Å². The third-order valence-corrected chi connectivity index (χ3v) is 5.19. The molecule has 6 nitrogen and oxygen atoms in total. The Kier molecular flexibility index (Phi) is 5.34. The van der Waals surface area contributed by atoms with Gasteiger partial charge in [-0.05, 0) is 48.5 Å². The Morgan fingerprint density at radius 3 is 2.26 bits per heavy atom. The minimum absolute atomic E-state index is 0.108. The van der Waals surface area contributed by atoms with Gasteiger partial charge in [-0.1, -0.05) is 29.8 Å². The molecule has 0 atom stereocenters. The molecule has 3 aromatic carbocycles. The van der Waals surface area contributed by atoms with Crippen molar-refractivity contribution in [3.8, 4) is 11.5 Å². The monoisotopic (exact) mass is 403 g/mol. The highest BCUT2D eigenvalue weighted by atomic mass is 35.5. The fourth-order valence-corrected chi connectivity index (χ4v) is 3.51. The third-order valence-electron chi connectivity index (χ3n) is 3.57. The highest BCUT2D eigenvalue weighted by Crippen LogP contribution is 2.33. The van der Waals surface area contributed by atoms with E-state index >= 15 is 0 Å². The van der Waals surface area contributed by atoms with Crippen molar-refractivity contribution in [3.63, 3.8) is 0 Å². The maximum absolute atomic E-state index is 12.5. The first-order valence-corrected chi connectivity index (χ1v) is 9.60. The fourth-order valence-electron chi connectivity index (χ4n) is 2.26. The van der Waals surface area contributed by atoms with Crippen molar-refractivity contribution < 1.29 is 23.1 Å². The molecule has 0 aliphatic rings. The van der Waals surface area contributed by atoms with E-state index in [1.807, 2.05) is 0 Å². The summed E-state index contributed by atoms with van der Waals surface area (Å²) in [6, 6.07) is 18.1. The van der Waals surface area contributed by atoms with E-state index in [1.54, 1.807) is 18.2 Å². The summed E-state index contributed by atoms with van der Waals surface area (Å²) in [4.78, 5) is 11.0. The second-order valence-electron chi connectivity index (χ2n) is 5.49. The molecule has 0 radical (unpaired) electrons. The first kappa shape index (κ1) is 18.8. The number of halogens is 1. The van der Waals surface area contributed by atoms with Crippen LogP contribution in [0.2, 0.25) is 5.02 Å². The molecule has 0 bridgehead atoms. The lowest BCUT2D eigenvalue weighted by atomic mass is 10.2. The van der Waals surface area contributed by atoms with Crippen molar-refractivity contribution in [1.29, 1.82) is 0 Å². The van der Waals surface area contributed by atoms with E-state index in [-0.39, 0.29) is 21.9 Å². The number of carbonyl (C=O) groups is 1. The SMILES string of the molecule is O=C(O)c1ccc(Oc2cc(Cl)ccc2NS(=O)(=O)c2ccccc2)cc1. The van der Waals surface area contributed by atoms with Crippen LogP contribution in [-0.2, 0) is 10.0 Å². The summed E-state index contributed by atoms with van der Waals surface area (Å²) >= 11 is 6.00. The molecule has 138 valence electrons. The van der Waals surface area contributed by atoms with Crippen LogP contribution >= 0.6 is 11.6 Å². The van der Waals surface area contributed by atoms with Crippen LogP contribution in [0.1, 0.15) is 10.4 Å². The summed E-state index contributed by atoms with van der Waals surface area (Å²) in [7, 11) is -3.81. The van der Waals surface area contributed by atoms with Crippen molar-refractivity contribution in [1.82, 2.24) is 0 Å². The predicted molar refractivity (Wildman–Crippen MR) is 102 cm³/mol. The average Bonchev–Trinajstić information content (AvgIpc) is 2.65. The standard InChI is InChI=1S/C19H14ClNO5S/c20-14-8-11-17(21-27(24,25)16-4-2-1-3-5-16)18(12-14)26-15-9-6-13(7-10-15)19(22)23/h1-12,21H,(H,22,23). The molecule has 3 rings (SSSR count). The number of ether oxygens (including phenoxy) is 1. The minimum Gasteiger partial charge on any atom is -0.478 e. The number of sulfonamides is 1. The molecule has 0 saturated carbocycles. The van der Waals surface area contributed by atoms with Crippen LogP contribution in [0.5, 0.6) is 11.5 Å². The Balaban J connectivity index is 1.90. The molecule has 0 spiro atoms. The largest absolute Gasteiger partial charge is 0.478 e. The van der Waals surface area contributed by atoms with Gasteiger partial charge in [0, 0.05) is 11.1 Å². The van der Waals surface area contributed by atoms with Crippen molar-refractivity contribution in [2.45, 2.75) is 4.90 Å². The summed E-state index contributed by atoms with van der Waals surface area (Å²) < 4.78 is 33.3. The minimum atomic E-state index is -3.81. The quantitative estimate of drug-likeness (QED) is 0.625. The maximum Gasteiger partial charge on any atom is 0.335 e. The molecule has 0 amide bonds. The van der Waals surface area contributed by atoms with Gasteiger partial charge in [0.1, 0.15) is 5.75 Å². The fraction of sp³-hybridized carbons (Fsp3) is 0. The zero-order chi connectivity index (χ0) is 19.4. The van der Waals surface area contributed by atoms with Crippen molar-refractivity contribution >= 4 is 33.3 Å². The summed E-state index contributed by atoms with van der Waals surface area (Å²) in [5.74, 6) is -0.534. The Morgan fingerprint density at radius 2 is 1.63 bits per heavy atom. The normalized spacial score (nSPS) is 11.0. The molecular formula is C19H14ClNO5S. The van der Waals surface area contributed by atoms with Crippen molar-refractivity contribution in [2.75, 3.05) is 4.72 Å². The highest BCUT2D eigenvalue weighted by molar-refractivity contribution is 7.92. The number of nitrogens with one attached hydrogen (secondary N) is 1. The molecule has 0 aliphatic carbocycles. The predicted octanol–water partition coefficient (Wildman–Crippen LogP) is 4.63. The van der Waals surface area contributed by atoms with E-state index in [0.29, 0.717) is 10.8 Å². The first-order chi connectivity index (χ1) is 12.8. The molecule has 0 aromatic heterocycles. The number of rotatable bonds is 6. The van der Waals surface area contributed by atoms with E-state index in [2.05, 4.69) is 4.72 Å². The maximum atomic E-state index is 12.5. The van der Waals surface area contributed by atoms with Crippen molar-refractivity contribution in [3.05, 3.63) is 83.4 Å². The zero-order valence-corrected chi connectivity index (χ0v) is 15.4. The molecule has 2 N–H and O–H groups in total. The van der Waals surface area contributed by atoms with E-state index in [4.69, 9.17) is 21.4 Å². The van der Waals surface area contributed by atoms with Gasteiger partial charge in [0.2, 0.25) is 0 Å². The van der Waals surface area contributed by atoms with Gasteiger partial charge in [0.15, 0.2) is 5.75 Å². The third kappa shape index (κ3) is 4.58. The van der Waals surface area contributed by atoms with Gasteiger partial charge < -0.3 is 9.84 Å². The second-order valence-corrected chi connectivity index (χ2v) is 7.61. The van der Waals surface area contributed by atoms with Crippen LogP contribution in [0.4, 0.5) is 5.69 Å². The van der Waals surface area contributed by atoms with Gasteiger partial charge in [-0.25, -0.2) is 13.2 Å². The van der Waals surface area contributed by atoms with E-state index in [9.17, 15) is 13.2 Å². The summed E-state index contributed by atoms with van der Waals surface area (Å²) in [6.07, 6.45) is 0. The van der Waals surface area contributed by atoms with Crippen LogP contribution in [0.3, 0.4) is 0 Å². The van der Waals surface area contributed by atoms with Gasteiger partial charge in [-0.15, -0.1) is 0 Å². The Hall–Kier alpha value is -3.03. The van der Waals surface area contributed by atoms with Gasteiger partial charge in [-0.3, -0.25) is 4.72 Å². The zero-order valence-electron chi connectivity index (χ0n) is 13.8. The number of aromatic carboxylic acids is 1. The lowest BCUT2D eigenvalue weighted by Gasteiger charge is -2.14. The lowest BCUT2D eigenvalue weighted by Crippen LogP contribution is -2.13. The highest BCUT2D eigenvalue weighted by Gasteiger charge is 2.17. The van der Waals surface area contributed by atoms with E-state index in [0.717, 1.165) is 0 Å². The number of hydrogen-bond donors (Lipinski definition) is 2. The molecule has 0 fully saturated rings. The van der Waals surface area contributed by atoms with Gasteiger partial charge in [0.25, 0.3) is 10.0 Å². The van der Waals surface area contributed by atoms with Crippen molar-refractivity contribution in [2.24, 2.45) is 0 Å². The smallest absolute Gasteiger partial charge is 0.335 e. The van der Waals surface area contributed by atoms with Gasteiger partial charge in [-0.2, -0.15) is 0 Å². The molecule has 0 heterocycles. The Bertz CT molecular complexity index is 1070. The average molecular weight is 404 g/mol. The summed E-state index contributed by atoms with van der Waals surface area (Å²) in [6.45, 7) is 0. The number of hydrogen-bond acceptors (Lipinski definition) is 4. The number of carboxylic acid groups (broad SMARTS) is 1. The summed E-state index contributed by atoms with van der Waals surface area (Å²) in [5, 5.41) is 9.30. The lowest BCUT2D eigenvalue weighted by molar-refractivity contribution is 0.0697. The second kappa shape index (κ2) is 7.69. The van der Waals surface area contributed by atoms with Crippen LogP contribution < -0.4 is 9.46 Å². The topological polar surface area (TPSA) is 92.7 Å². The number of benzene rings is 3. The molecule has 27 heavy (non-hydrogen) atoms.